The molecule has 1 N–H and O–H groups in total. The molecule has 2 atom stereocenters. The van der Waals surface area contributed by atoms with Gasteiger partial charge in [-0.15, -0.1) is 0 Å². The molecule has 0 aromatic heterocycles. The fraction of sp³-hybridized carbons (Fsp3) is 0.684. The van der Waals surface area contributed by atoms with E-state index >= 15 is 0 Å². The van der Waals surface area contributed by atoms with Gasteiger partial charge in [0.05, 0.1) is 0 Å². The van der Waals surface area contributed by atoms with Crippen LogP contribution in [-0.2, 0) is 6.54 Å². The van der Waals surface area contributed by atoms with Crippen LogP contribution in [0.1, 0.15) is 51.5 Å². The van der Waals surface area contributed by atoms with E-state index in [0.717, 1.165) is 31.6 Å². The lowest BCUT2D eigenvalue weighted by atomic mass is 9.93. The van der Waals surface area contributed by atoms with E-state index in [4.69, 9.17) is 0 Å². The molecule has 21 heavy (non-hydrogen) atoms. The van der Waals surface area contributed by atoms with Crippen LogP contribution in [-0.4, -0.2) is 30.6 Å². The quantitative estimate of drug-likeness (QED) is 0.761. The highest BCUT2D eigenvalue weighted by atomic mass is 15.1. The number of benzene rings is 1. The molecule has 0 spiro atoms. The zero-order chi connectivity index (χ0) is 14.9. The normalized spacial score (nSPS) is 23.2. The lowest BCUT2D eigenvalue weighted by Gasteiger charge is -2.31. The lowest BCUT2D eigenvalue weighted by Crippen LogP contribution is -2.41. The van der Waals surface area contributed by atoms with Gasteiger partial charge in [-0.25, -0.2) is 0 Å². The van der Waals surface area contributed by atoms with Crippen molar-refractivity contribution in [3.8, 4) is 0 Å². The highest BCUT2D eigenvalue weighted by Crippen LogP contribution is 2.25. The lowest BCUT2D eigenvalue weighted by molar-refractivity contribution is 0.195. The molecule has 1 aliphatic carbocycles. The van der Waals surface area contributed by atoms with Gasteiger partial charge in [-0.2, -0.15) is 0 Å². The fourth-order valence-electron chi connectivity index (χ4n) is 3.61. The first-order valence-electron chi connectivity index (χ1n) is 8.83. The Morgan fingerprint density at radius 1 is 1.05 bits per heavy atom. The maximum absolute atomic E-state index is 3.74. The van der Waals surface area contributed by atoms with Crippen molar-refractivity contribution in [2.24, 2.45) is 5.92 Å². The van der Waals surface area contributed by atoms with Crippen molar-refractivity contribution < 1.29 is 0 Å². The van der Waals surface area contributed by atoms with Crippen LogP contribution in [0.25, 0.3) is 0 Å². The molecule has 1 aliphatic rings. The molecule has 0 aliphatic heterocycles. The Balaban J connectivity index is 1.94. The first-order valence-corrected chi connectivity index (χ1v) is 8.83. The molecule has 2 rings (SSSR count). The van der Waals surface area contributed by atoms with Crippen LogP contribution < -0.4 is 5.32 Å². The van der Waals surface area contributed by atoms with Gasteiger partial charge in [-0.05, 0) is 37.4 Å². The number of rotatable bonds is 7. The second-order valence-electron chi connectivity index (χ2n) is 6.38. The first kappa shape index (κ1) is 16.5. The summed E-state index contributed by atoms with van der Waals surface area (Å²) in [5.41, 5.74) is 1.44. The van der Waals surface area contributed by atoms with Crippen LogP contribution in [0, 0.1) is 5.92 Å². The average molecular weight is 288 g/mol. The van der Waals surface area contributed by atoms with Gasteiger partial charge in [-0.3, -0.25) is 4.90 Å². The molecule has 2 unspecified atom stereocenters. The summed E-state index contributed by atoms with van der Waals surface area (Å²) < 4.78 is 0. The van der Waals surface area contributed by atoms with Gasteiger partial charge in [0, 0.05) is 19.1 Å². The Morgan fingerprint density at radius 2 is 1.81 bits per heavy atom. The minimum Gasteiger partial charge on any atom is -0.314 e. The van der Waals surface area contributed by atoms with Gasteiger partial charge in [0.1, 0.15) is 0 Å². The summed E-state index contributed by atoms with van der Waals surface area (Å²) in [5.74, 6) is 0.816. The molecule has 1 aromatic carbocycles. The van der Waals surface area contributed by atoms with Crippen LogP contribution >= 0.6 is 0 Å². The van der Waals surface area contributed by atoms with Crippen molar-refractivity contribution in [1.82, 2.24) is 10.2 Å². The van der Waals surface area contributed by atoms with Crippen LogP contribution in [0.15, 0.2) is 30.3 Å². The Bertz CT molecular complexity index is 376. The molecule has 0 radical (unpaired) electrons. The predicted octanol–water partition coefficient (Wildman–Crippen LogP) is 4.07. The molecule has 0 amide bonds. The second kappa shape index (κ2) is 9.22. The molecular weight excluding hydrogens is 256 g/mol. The predicted molar refractivity (Wildman–Crippen MR) is 91.4 cm³/mol. The highest BCUT2D eigenvalue weighted by Gasteiger charge is 2.24. The first-order chi connectivity index (χ1) is 10.3. The molecule has 1 aromatic rings. The largest absolute Gasteiger partial charge is 0.314 e. The van der Waals surface area contributed by atoms with Crippen LogP contribution in [0.5, 0.6) is 0 Å². The second-order valence-corrected chi connectivity index (χ2v) is 6.38. The minimum atomic E-state index is 0.724. The van der Waals surface area contributed by atoms with E-state index in [1.54, 1.807) is 0 Å². The molecule has 118 valence electrons. The van der Waals surface area contributed by atoms with Gasteiger partial charge in [0.15, 0.2) is 0 Å². The van der Waals surface area contributed by atoms with E-state index in [-0.39, 0.29) is 0 Å². The molecule has 1 fully saturated rings. The van der Waals surface area contributed by atoms with Crippen molar-refractivity contribution in [1.29, 1.82) is 0 Å². The third kappa shape index (κ3) is 5.44. The number of hydrogen-bond donors (Lipinski definition) is 1. The Kier molecular flexibility index (Phi) is 7.25. The summed E-state index contributed by atoms with van der Waals surface area (Å²) in [6.45, 7) is 9.11. The van der Waals surface area contributed by atoms with E-state index in [0.29, 0.717) is 0 Å². The molecule has 1 saturated carbocycles. The molecular formula is C19H32N2. The maximum atomic E-state index is 3.74. The number of nitrogens with zero attached hydrogens (tertiary/aromatic N) is 1. The van der Waals surface area contributed by atoms with Crippen LogP contribution in [0.4, 0.5) is 0 Å². The molecule has 2 heteroatoms. The average Bonchev–Trinajstić information content (AvgIpc) is 2.74. The Morgan fingerprint density at radius 3 is 2.52 bits per heavy atom. The van der Waals surface area contributed by atoms with Crippen molar-refractivity contribution >= 4 is 0 Å². The van der Waals surface area contributed by atoms with Gasteiger partial charge in [-0.1, -0.05) is 63.4 Å². The molecule has 0 saturated heterocycles. The Labute approximate surface area is 130 Å². The summed E-state index contributed by atoms with van der Waals surface area (Å²) in [6.07, 6.45) is 6.99. The third-order valence-electron chi connectivity index (χ3n) is 4.81. The van der Waals surface area contributed by atoms with Gasteiger partial charge in [0.2, 0.25) is 0 Å². The zero-order valence-electron chi connectivity index (χ0n) is 13.9. The van der Waals surface area contributed by atoms with Crippen LogP contribution in [0.2, 0.25) is 0 Å². The third-order valence-corrected chi connectivity index (χ3v) is 4.81. The summed E-state index contributed by atoms with van der Waals surface area (Å²) in [7, 11) is 0. The molecule has 0 bridgehead atoms. The number of hydrogen-bond acceptors (Lipinski definition) is 2. The van der Waals surface area contributed by atoms with Crippen molar-refractivity contribution in [2.75, 3.05) is 19.6 Å². The maximum Gasteiger partial charge on any atom is 0.0233 e. The zero-order valence-corrected chi connectivity index (χ0v) is 13.9. The van der Waals surface area contributed by atoms with Crippen molar-refractivity contribution in [3.05, 3.63) is 35.9 Å². The molecule has 0 heterocycles. The minimum absolute atomic E-state index is 0.724. The Hall–Kier alpha value is -0.860. The van der Waals surface area contributed by atoms with Gasteiger partial charge >= 0.3 is 0 Å². The molecule has 2 nitrogen and oxygen atoms in total. The number of nitrogens with one attached hydrogen (secondary N) is 1. The smallest absolute Gasteiger partial charge is 0.0233 e. The van der Waals surface area contributed by atoms with Crippen LogP contribution in [0.3, 0.4) is 0 Å². The van der Waals surface area contributed by atoms with E-state index in [1.165, 1.54) is 44.2 Å². The topological polar surface area (TPSA) is 15.3 Å². The highest BCUT2D eigenvalue weighted by molar-refractivity contribution is 5.14. The van der Waals surface area contributed by atoms with Gasteiger partial charge < -0.3 is 5.32 Å². The summed E-state index contributed by atoms with van der Waals surface area (Å²) >= 11 is 0. The van der Waals surface area contributed by atoms with Crippen molar-refractivity contribution in [3.63, 3.8) is 0 Å². The van der Waals surface area contributed by atoms with Gasteiger partial charge in [0.25, 0.3) is 0 Å². The summed E-state index contributed by atoms with van der Waals surface area (Å²) in [5, 5.41) is 3.74. The van der Waals surface area contributed by atoms with E-state index in [1.807, 2.05) is 0 Å². The standard InChI is InChI=1S/C19H32N2/c1-3-20-19-14-10-6-9-13-18(19)16-21(4-2)15-17-11-7-5-8-12-17/h5,7-8,11-12,18-20H,3-4,6,9-10,13-16H2,1-2H3. The summed E-state index contributed by atoms with van der Waals surface area (Å²) in [6, 6.07) is 11.6. The summed E-state index contributed by atoms with van der Waals surface area (Å²) in [4.78, 5) is 2.62. The van der Waals surface area contributed by atoms with E-state index in [2.05, 4.69) is 54.4 Å². The SMILES string of the molecule is CCNC1CCCCCC1CN(CC)Cc1ccccc1. The fourth-order valence-corrected chi connectivity index (χ4v) is 3.61. The van der Waals surface area contributed by atoms with Crippen molar-refractivity contribution in [2.45, 2.75) is 58.5 Å². The van der Waals surface area contributed by atoms with E-state index < -0.39 is 0 Å². The van der Waals surface area contributed by atoms with E-state index in [9.17, 15) is 0 Å². The monoisotopic (exact) mass is 288 g/mol.